The number of rotatable bonds is 4. The highest BCUT2D eigenvalue weighted by molar-refractivity contribution is 5.96. The summed E-state index contributed by atoms with van der Waals surface area (Å²) >= 11 is 0. The van der Waals surface area contributed by atoms with Crippen LogP contribution in [0.25, 0.3) is 22.4 Å². The molecule has 4 aromatic rings. The molecule has 0 aliphatic carbocycles. The Morgan fingerprint density at radius 1 is 1.03 bits per heavy atom. The molecule has 0 saturated carbocycles. The molecule has 5 rings (SSSR count). The van der Waals surface area contributed by atoms with E-state index in [1.807, 2.05) is 38.1 Å². The second kappa shape index (κ2) is 9.15. The number of amides is 1. The molecule has 11 heteroatoms. The third-order valence-corrected chi connectivity index (χ3v) is 6.80. The highest BCUT2D eigenvalue weighted by Crippen LogP contribution is 2.24. The molecule has 0 spiro atoms. The van der Waals surface area contributed by atoms with Crippen LogP contribution in [0.15, 0.2) is 50.6 Å². The van der Waals surface area contributed by atoms with Crippen LogP contribution in [0.5, 0.6) is 0 Å². The Hall–Kier alpha value is -4.12. The molecule has 186 valence electrons. The molecule has 1 aromatic carbocycles. The normalized spacial score (nSPS) is 15.4. The van der Waals surface area contributed by atoms with Crippen molar-refractivity contribution in [1.82, 2.24) is 34.1 Å². The summed E-state index contributed by atoms with van der Waals surface area (Å²) in [6.45, 7) is 6.31. The molecule has 0 radical (unpaired) electrons. The van der Waals surface area contributed by atoms with Crippen LogP contribution in [0.2, 0.25) is 0 Å². The average Bonchev–Trinajstić information content (AvgIpc) is 3.40. The Morgan fingerprint density at radius 3 is 2.42 bits per heavy atom. The molecule has 1 unspecified atom stereocenters. The van der Waals surface area contributed by atoms with Gasteiger partial charge >= 0.3 is 5.69 Å². The zero-order valence-electron chi connectivity index (χ0n) is 20.6. The molecular formula is C25H27N7O4. The molecule has 1 amide bonds. The maximum Gasteiger partial charge on any atom is 0.332 e. The van der Waals surface area contributed by atoms with Gasteiger partial charge in [0.25, 0.3) is 11.5 Å². The molecule has 1 aliphatic heterocycles. The molecule has 1 aliphatic rings. The van der Waals surface area contributed by atoms with Crippen LogP contribution in [-0.2, 0) is 14.1 Å². The Morgan fingerprint density at radius 2 is 1.72 bits per heavy atom. The van der Waals surface area contributed by atoms with E-state index >= 15 is 0 Å². The van der Waals surface area contributed by atoms with Gasteiger partial charge in [-0.3, -0.25) is 23.6 Å². The average molecular weight is 490 g/mol. The first kappa shape index (κ1) is 23.6. The maximum atomic E-state index is 13.2. The largest absolute Gasteiger partial charge is 0.337 e. The summed E-state index contributed by atoms with van der Waals surface area (Å²) in [5.74, 6) is 0.885. The number of hydrogen-bond acceptors (Lipinski definition) is 8. The summed E-state index contributed by atoms with van der Waals surface area (Å²) in [4.78, 5) is 50.6. The third kappa shape index (κ3) is 4.11. The third-order valence-electron chi connectivity index (χ3n) is 6.80. The Balaban J connectivity index is 1.28. The first-order valence-corrected chi connectivity index (χ1v) is 11.7. The Kier molecular flexibility index (Phi) is 6.00. The van der Waals surface area contributed by atoms with Gasteiger partial charge in [-0.15, -0.1) is 0 Å². The van der Waals surface area contributed by atoms with Gasteiger partial charge in [-0.2, -0.15) is 4.98 Å². The minimum Gasteiger partial charge on any atom is -0.337 e. The van der Waals surface area contributed by atoms with Gasteiger partial charge in [0.1, 0.15) is 5.65 Å². The SMILES string of the molecule is Cc1ccc(-c2noc(C(C)N3CCN(C(=O)c4cnc5c(c4)c(=O)n(C)c(=O)n5C)CC3)n2)cc1. The van der Waals surface area contributed by atoms with E-state index in [0.29, 0.717) is 43.5 Å². The van der Waals surface area contributed by atoms with Crippen molar-refractivity contribution in [2.45, 2.75) is 19.9 Å². The summed E-state index contributed by atoms with van der Waals surface area (Å²) in [6, 6.07) is 9.38. The van der Waals surface area contributed by atoms with Crippen molar-refractivity contribution in [3.63, 3.8) is 0 Å². The molecule has 1 fully saturated rings. The van der Waals surface area contributed by atoms with Crippen molar-refractivity contribution >= 4 is 16.9 Å². The van der Waals surface area contributed by atoms with Gasteiger partial charge in [0.05, 0.1) is 17.0 Å². The lowest BCUT2D eigenvalue weighted by molar-refractivity contribution is 0.0551. The Bertz CT molecular complexity index is 1560. The van der Waals surface area contributed by atoms with Crippen LogP contribution < -0.4 is 11.2 Å². The van der Waals surface area contributed by atoms with Crippen LogP contribution >= 0.6 is 0 Å². The van der Waals surface area contributed by atoms with E-state index in [9.17, 15) is 14.4 Å². The molecule has 1 saturated heterocycles. The van der Waals surface area contributed by atoms with E-state index in [-0.39, 0.29) is 23.0 Å². The lowest BCUT2D eigenvalue weighted by atomic mass is 10.1. The number of carbonyl (C=O) groups is 1. The zero-order valence-corrected chi connectivity index (χ0v) is 20.6. The van der Waals surface area contributed by atoms with Crippen molar-refractivity contribution in [3.8, 4) is 11.4 Å². The summed E-state index contributed by atoms with van der Waals surface area (Å²) in [5.41, 5.74) is 1.70. The predicted molar refractivity (Wildman–Crippen MR) is 133 cm³/mol. The first-order chi connectivity index (χ1) is 17.2. The molecule has 0 N–H and O–H groups in total. The van der Waals surface area contributed by atoms with E-state index in [2.05, 4.69) is 20.0 Å². The number of nitrogens with zero attached hydrogens (tertiary/aromatic N) is 7. The fourth-order valence-corrected chi connectivity index (χ4v) is 4.46. The number of aromatic nitrogens is 5. The van der Waals surface area contributed by atoms with Crippen molar-refractivity contribution < 1.29 is 9.32 Å². The summed E-state index contributed by atoms with van der Waals surface area (Å²) < 4.78 is 7.85. The van der Waals surface area contributed by atoms with Crippen molar-refractivity contribution in [2.24, 2.45) is 14.1 Å². The molecule has 0 bridgehead atoms. The lowest BCUT2D eigenvalue weighted by Crippen LogP contribution is -2.49. The fraction of sp³-hybridized carbons (Fsp3) is 0.360. The molecule has 11 nitrogen and oxygen atoms in total. The number of fused-ring (bicyclic) bond motifs is 1. The minimum atomic E-state index is -0.474. The fourth-order valence-electron chi connectivity index (χ4n) is 4.46. The molecular weight excluding hydrogens is 462 g/mol. The van der Waals surface area contributed by atoms with Gasteiger partial charge in [0.15, 0.2) is 0 Å². The second-order valence-electron chi connectivity index (χ2n) is 9.13. The summed E-state index contributed by atoms with van der Waals surface area (Å²) in [5, 5.41) is 4.37. The molecule has 1 atom stereocenters. The van der Waals surface area contributed by atoms with Gasteiger partial charge in [-0.25, -0.2) is 9.78 Å². The predicted octanol–water partition coefficient (Wildman–Crippen LogP) is 1.51. The van der Waals surface area contributed by atoms with Crippen LogP contribution in [0, 0.1) is 6.92 Å². The number of aryl methyl sites for hydroxylation is 2. The molecule has 3 aromatic heterocycles. The van der Waals surface area contributed by atoms with Gasteiger partial charge < -0.3 is 9.42 Å². The minimum absolute atomic E-state index is 0.0967. The van der Waals surface area contributed by atoms with Crippen molar-refractivity contribution in [2.75, 3.05) is 26.2 Å². The van der Waals surface area contributed by atoms with Gasteiger partial charge in [0, 0.05) is 52.0 Å². The van der Waals surface area contributed by atoms with Gasteiger partial charge in [0.2, 0.25) is 11.7 Å². The van der Waals surface area contributed by atoms with E-state index in [4.69, 9.17) is 4.52 Å². The number of piperazine rings is 1. The number of hydrogen-bond donors (Lipinski definition) is 0. The standard InChI is InChI=1S/C25H27N7O4/c1-15-5-7-17(8-6-15)20-27-22(36-28-20)16(2)31-9-11-32(12-10-31)23(33)18-13-19-21(26-14-18)29(3)25(35)30(4)24(19)34/h5-8,13-14,16H,9-12H2,1-4H3. The maximum absolute atomic E-state index is 13.2. The summed E-state index contributed by atoms with van der Waals surface area (Å²) in [7, 11) is 2.96. The van der Waals surface area contributed by atoms with Crippen LogP contribution in [-0.4, -0.2) is 66.1 Å². The number of pyridine rings is 1. The summed E-state index contributed by atoms with van der Waals surface area (Å²) in [6.07, 6.45) is 1.42. The smallest absolute Gasteiger partial charge is 0.332 e. The van der Waals surface area contributed by atoms with Crippen LogP contribution in [0.1, 0.15) is 34.8 Å². The topological polar surface area (TPSA) is 119 Å². The quantitative estimate of drug-likeness (QED) is 0.423. The monoisotopic (exact) mass is 489 g/mol. The van der Waals surface area contributed by atoms with E-state index in [1.165, 1.54) is 23.9 Å². The number of carbonyl (C=O) groups excluding carboxylic acids is 1. The first-order valence-electron chi connectivity index (χ1n) is 11.7. The van der Waals surface area contributed by atoms with Gasteiger partial charge in [-0.05, 0) is 19.9 Å². The second-order valence-corrected chi connectivity index (χ2v) is 9.13. The van der Waals surface area contributed by atoms with Crippen molar-refractivity contribution in [3.05, 3.63) is 74.4 Å². The molecule has 4 heterocycles. The van der Waals surface area contributed by atoms with E-state index in [0.717, 1.165) is 15.7 Å². The zero-order chi connectivity index (χ0) is 25.6. The van der Waals surface area contributed by atoms with E-state index in [1.54, 1.807) is 11.9 Å². The molecule has 36 heavy (non-hydrogen) atoms. The van der Waals surface area contributed by atoms with Crippen LogP contribution in [0.4, 0.5) is 0 Å². The Labute approximate surface area is 206 Å². The van der Waals surface area contributed by atoms with Crippen molar-refractivity contribution in [1.29, 1.82) is 0 Å². The highest BCUT2D eigenvalue weighted by Gasteiger charge is 2.28. The van der Waals surface area contributed by atoms with E-state index < -0.39 is 11.2 Å². The lowest BCUT2D eigenvalue weighted by Gasteiger charge is -2.36. The highest BCUT2D eigenvalue weighted by atomic mass is 16.5. The number of benzene rings is 1. The van der Waals surface area contributed by atoms with Gasteiger partial charge in [-0.1, -0.05) is 35.0 Å². The van der Waals surface area contributed by atoms with Crippen LogP contribution in [0.3, 0.4) is 0 Å².